The number of carbonyl (C=O) groups is 3. The Hall–Kier alpha value is -5.78. The third-order valence-corrected chi connectivity index (χ3v) is 11.9. The van der Waals surface area contributed by atoms with Gasteiger partial charge in [-0.15, -0.1) is 0 Å². The molecule has 58 heavy (non-hydrogen) atoms. The molecule has 17 nitrogen and oxygen atoms in total. The molecule has 2 fully saturated rings. The third kappa shape index (κ3) is 9.49. The van der Waals surface area contributed by atoms with Crippen LogP contribution in [0.4, 0.5) is 38.3 Å². The van der Waals surface area contributed by atoms with Crippen LogP contribution in [-0.4, -0.2) is 78.1 Å². The second-order valence-electron chi connectivity index (χ2n) is 15.8. The molecule has 4 atom stereocenters. The fourth-order valence-corrected chi connectivity index (χ4v) is 8.72. The van der Waals surface area contributed by atoms with E-state index >= 15 is 0 Å². The maximum Gasteiger partial charge on any atom is 0.409 e. The number of nitrogens with one attached hydrogen (secondary N) is 6. The molecular weight excluding hydrogens is 767 g/mol. The van der Waals surface area contributed by atoms with Crippen LogP contribution in [0, 0.1) is 0 Å². The predicted molar refractivity (Wildman–Crippen MR) is 217 cm³/mol. The van der Waals surface area contributed by atoms with Gasteiger partial charge in [-0.25, -0.2) is 13.9 Å². The molecule has 8 rings (SSSR count). The minimum atomic E-state index is -3.81. The lowest BCUT2D eigenvalue weighted by atomic mass is 10.0. The number of hydrogen-bond donors (Lipinski definition) is 6. The van der Waals surface area contributed by atoms with Gasteiger partial charge in [0.2, 0.25) is 0 Å². The van der Waals surface area contributed by atoms with E-state index in [1.165, 1.54) is 7.05 Å². The number of anilines is 5. The lowest BCUT2D eigenvalue weighted by Crippen LogP contribution is -2.33. The Balaban J connectivity index is 0.000000177. The molecule has 0 unspecified atom stereocenters. The maximum absolute atomic E-state index is 12.0. The standard InChI is InChI=1S/C21H26N4O3.C19H25N5O5S/c1-12(2)22-21(27)28-16-7-6-14(9-16)19-11-20(25-24-19)23-18-5-3-4-13-8-15(26)10-17(13)18;1-11(2)20-19(25)28-13-8-7-12(9-13)15-10-17(23-22-15)21-14-5-4-6-16-18(14)29-30(26,27)24(16)3/h3-5,11-12,14,16H,6-10H2,1-2H3,(H,22,27)(H2,23,24,25);4-6,10-13H,7-9H2,1-3H3,(H,20,25)(H2,21,22,23)/t14-,16+;12-,13+/m00/s1. The number of aromatic nitrogens is 4. The van der Waals surface area contributed by atoms with E-state index in [2.05, 4.69) is 41.7 Å². The quantitative estimate of drug-likeness (QED) is 0.0998. The SMILES string of the molecule is CC(C)NC(=O)O[C@@H]1CC[C@H](c2cc(Nc3cccc4c3CC(=O)C4)n[nH]2)C1.CC(C)NC(=O)O[C@@H]1CC[C@H](c2cc(Nc3cccc4c3OS(=O)(=O)N4C)n[nH]2)C1. The highest BCUT2D eigenvalue weighted by Gasteiger charge is 2.35. The average Bonchev–Trinajstić information content (AvgIpc) is 4.00. The Morgan fingerprint density at radius 3 is 1.90 bits per heavy atom. The van der Waals surface area contributed by atoms with Gasteiger partial charge in [-0.05, 0) is 95.5 Å². The van der Waals surface area contributed by atoms with Crippen molar-refractivity contribution in [3.05, 3.63) is 71.0 Å². The normalized spacial score (nSPS) is 21.5. The highest BCUT2D eigenvalue weighted by Crippen LogP contribution is 2.44. The number of hydrogen-bond acceptors (Lipinski definition) is 12. The smallest absolute Gasteiger partial charge is 0.409 e. The average molecular weight is 818 g/mol. The summed E-state index contributed by atoms with van der Waals surface area (Å²) in [6, 6.07) is 15.1. The van der Waals surface area contributed by atoms with Crippen molar-refractivity contribution in [1.29, 1.82) is 0 Å². The molecule has 310 valence electrons. The maximum atomic E-state index is 12.0. The molecule has 0 spiro atoms. The van der Waals surface area contributed by atoms with Crippen LogP contribution in [-0.2, 0) is 37.4 Å². The number of benzene rings is 2. The van der Waals surface area contributed by atoms with E-state index < -0.39 is 10.3 Å². The van der Waals surface area contributed by atoms with Crippen LogP contribution in [0.15, 0.2) is 48.5 Å². The Labute approximate surface area is 337 Å². The lowest BCUT2D eigenvalue weighted by Gasteiger charge is -2.14. The third-order valence-electron chi connectivity index (χ3n) is 10.6. The number of amides is 2. The van der Waals surface area contributed by atoms with E-state index in [0.29, 0.717) is 36.0 Å². The van der Waals surface area contributed by atoms with Gasteiger partial charge in [0, 0.05) is 73.0 Å². The van der Waals surface area contributed by atoms with Crippen molar-refractivity contribution in [2.24, 2.45) is 0 Å². The van der Waals surface area contributed by atoms with Gasteiger partial charge < -0.3 is 34.9 Å². The lowest BCUT2D eigenvalue weighted by molar-refractivity contribution is -0.117. The molecular formula is C40H51N9O8S. The molecule has 18 heteroatoms. The monoisotopic (exact) mass is 817 g/mol. The second-order valence-corrected chi connectivity index (χ2v) is 17.4. The van der Waals surface area contributed by atoms with Gasteiger partial charge in [0.05, 0.1) is 5.69 Å². The van der Waals surface area contributed by atoms with E-state index in [-0.39, 0.29) is 53.9 Å². The summed E-state index contributed by atoms with van der Waals surface area (Å²) in [5, 5.41) is 26.8. The van der Waals surface area contributed by atoms with Crippen molar-refractivity contribution < 1.29 is 36.5 Å². The zero-order valence-corrected chi connectivity index (χ0v) is 34.1. The number of ether oxygens (including phenoxy) is 2. The Bertz CT molecular complexity index is 2250. The van der Waals surface area contributed by atoms with Crippen molar-refractivity contribution in [2.45, 2.75) is 115 Å². The number of alkyl carbamates (subject to hydrolysis) is 2. The second kappa shape index (κ2) is 17.0. The van der Waals surface area contributed by atoms with Crippen LogP contribution in [0.1, 0.15) is 101 Å². The largest absolute Gasteiger partial charge is 0.446 e. The Morgan fingerprint density at radius 1 is 0.793 bits per heavy atom. The summed E-state index contributed by atoms with van der Waals surface area (Å²) in [6.45, 7) is 7.60. The molecule has 2 saturated carbocycles. The first-order valence-electron chi connectivity index (χ1n) is 19.7. The zero-order valence-electron chi connectivity index (χ0n) is 33.3. The molecule has 2 aromatic carbocycles. The fourth-order valence-electron chi connectivity index (χ4n) is 7.84. The van der Waals surface area contributed by atoms with Crippen LogP contribution in [0.2, 0.25) is 0 Å². The van der Waals surface area contributed by atoms with Crippen LogP contribution in [0.25, 0.3) is 0 Å². The summed E-state index contributed by atoms with van der Waals surface area (Å²) < 4.78 is 41.2. The van der Waals surface area contributed by atoms with Crippen molar-refractivity contribution in [1.82, 2.24) is 31.0 Å². The first-order chi connectivity index (χ1) is 27.7. The van der Waals surface area contributed by atoms with Crippen LogP contribution < -0.4 is 29.8 Å². The zero-order chi connectivity index (χ0) is 41.1. The van der Waals surface area contributed by atoms with E-state index in [0.717, 1.165) is 76.9 Å². The number of fused-ring (bicyclic) bond motifs is 2. The molecule has 2 amide bonds. The van der Waals surface area contributed by atoms with Crippen molar-refractivity contribution in [2.75, 3.05) is 22.0 Å². The molecule has 2 aromatic heterocycles. The summed E-state index contributed by atoms with van der Waals surface area (Å²) in [4.78, 5) is 35.3. The van der Waals surface area contributed by atoms with Gasteiger partial charge in [0.1, 0.15) is 23.7 Å². The molecule has 0 radical (unpaired) electrons. The number of Topliss-reactive ketones (excluding diaryl/α,β-unsaturated/α-hetero) is 1. The summed E-state index contributed by atoms with van der Waals surface area (Å²) in [5.74, 6) is 2.29. The molecule has 4 aromatic rings. The van der Waals surface area contributed by atoms with Crippen LogP contribution in [0.5, 0.6) is 5.75 Å². The minimum Gasteiger partial charge on any atom is -0.446 e. The van der Waals surface area contributed by atoms with Gasteiger partial charge in [-0.3, -0.25) is 15.0 Å². The summed E-state index contributed by atoms with van der Waals surface area (Å²) in [5.41, 5.74) is 6.07. The Morgan fingerprint density at radius 2 is 1.33 bits per heavy atom. The number of H-pyrrole nitrogens is 2. The van der Waals surface area contributed by atoms with Crippen molar-refractivity contribution in [3.8, 4) is 5.75 Å². The van der Waals surface area contributed by atoms with Gasteiger partial charge >= 0.3 is 22.5 Å². The highest BCUT2D eigenvalue weighted by atomic mass is 32.2. The van der Waals surface area contributed by atoms with Crippen LogP contribution >= 0.6 is 0 Å². The summed E-state index contributed by atoms with van der Waals surface area (Å²) >= 11 is 0. The minimum absolute atomic E-state index is 0.0362. The highest BCUT2D eigenvalue weighted by molar-refractivity contribution is 7.88. The number of nitrogens with zero attached hydrogens (tertiary/aromatic N) is 3. The number of rotatable bonds is 10. The molecule has 1 aliphatic heterocycles. The Kier molecular flexibility index (Phi) is 11.8. The number of carbonyl (C=O) groups excluding carboxylic acids is 3. The van der Waals surface area contributed by atoms with E-state index in [1.807, 2.05) is 58.0 Å². The van der Waals surface area contributed by atoms with Gasteiger partial charge in [0.15, 0.2) is 17.4 Å². The number of para-hydroxylation sites is 1. The van der Waals surface area contributed by atoms with E-state index in [9.17, 15) is 22.8 Å². The van der Waals surface area contributed by atoms with Crippen molar-refractivity contribution >= 4 is 57.0 Å². The first-order valence-corrected chi connectivity index (χ1v) is 21.1. The topological polar surface area (TPSA) is 222 Å². The molecule has 6 N–H and O–H groups in total. The molecule has 3 aliphatic carbocycles. The predicted octanol–water partition coefficient (Wildman–Crippen LogP) is 6.59. The molecule has 0 saturated heterocycles. The number of ketones is 1. The summed E-state index contributed by atoms with van der Waals surface area (Å²) in [7, 11) is -2.37. The van der Waals surface area contributed by atoms with Gasteiger partial charge in [-0.2, -0.15) is 18.6 Å². The first kappa shape index (κ1) is 40.4. The van der Waals surface area contributed by atoms with E-state index in [4.69, 9.17) is 13.7 Å². The van der Waals surface area contributed by atoms with Crippen molar-refractivity contribution in [3.63, 3.8) is 0 Å². The van der Waals surface area contributed by atoms with Crippen LogP contribution in [0.3, 0.4) is 0 Å². The van der Waals surface area contributed by atoms with Gasteiger partial charge in [-0.1, -0.05) is 18.2 Å². The molecule has 3 heterocycles. The number of aromatic amines is 2. The van der Waals surface area contributed by atoms with E-state index in [1.54, 1.807) is 18.2 Å². The van der Waals surface area contributed by atoms with Gasteiger partial charge in [0.25, 0.3) is 0 Å². The fraction of sp³-hybridized carbons (Fsp3) is 0.475. The molecule has 4 aliphatic rings. The summed E-state index contributed by atoms with van der Waals surface area (Å²) in [6.07, 6.45) is 5.08. The molecule has 0 bridgehead atoms.